The van der Waals surface area contributed by atoms with Crippen molar-refractivity contribution in [2.75, 3.05) is 6.61 Å². The monoisotopic (exact) mass is 498 g/mol. The number of aliphatic hydroxyl groups excluding tert-OH is 1. The maximum atomic E-state index is 13.4. The summed E-state index contributed by atoms with van der Waals surface area (Å²) < 4.78 is 5.71. The fourth-order valence-corrected chi connectivity index (χ4v) is 4.60. The van der Waals surface area contributed by atoms with Crippen molar-refractivity contribution in [3.63, 3.8) is 0 Å². The lowest BCUT2D eigenvalue weighted by Crippen LogP contribution is -2.29. The molecule has 2 aromatic carbocycles. The molecule has 1 unspecified atom stereocenters. The second-order valence-corrected chi connectivity index (χ2v) is 10.5. The van der Waals surface area contributed by atoms with Crippen molar-refractivity contribution in [2.24, 2.45) is 0 Å². The third-order valence-corrected chi connectivity index (χ3v) is 6.63. The van der Waals surface area contributed by atoms with E-state index in [-0.39, 0.29) is 23.3 Å². The highest BCUT2D eigenvalue weighted by Crippen LogP contribution is 2.41. The number of carbonyl (C=O) groups excluding carboxylic acids is 2. The van der Waals surface area contributed by atoms with Gasteiger partial charge < -0.3 is 14.7 Å². The van der Waals surface area contributed by atoms with E-state index in [1.54, 1.807) is 30.6 Å². The molecule has 0 radical (unpaired) electrons. The van der Waals surface area contributed by atoms with Crippen LogP contribution in [0.3, 0.4) is 0 Å². The number of Topliss-reactive ketones (excluding diaryl/α,β-unsaturated/α-hetero) is 1. The van der Waals surface area contributed by atoms with E-state index in [4.69, 9.17) is 4.74 Å². The Morgan fingerprint density at radius 2 is 1.81 bits per heavy atom. The average Bonchev–Trinajstić information content (AvgIpc) is 3.12. The predicted octanol–water partition coefficient (Wildman–Crippen LogP) is 6.10. The van der Waals surface area contributed by atoms with E-state index in [1.165, 1.54) is 4.90 Å². The van der Waals surface area contributed by atoms with Crippen molar-refractivity contribution < 1.29 is 19.4 Å². The molecule has 2 heterocycles. The van der Waals surface area contributed by atoms with Crippen LogP contribution in [0.1, 0.15) is 68.0 Å². The number of aliphatic hydroxyl groups is 1. The Morgan fingerprint density at radius 1 is 1.08 bits per heavy atom. The summed E-state index contributed by atoms with van der Waals surface area (Å²) in [7, 11) is 0. The minimum absolute atomic E-state index is 0.0469. The number of nitrogens with zero attached hydrogens (tertiary/aromatic N) is 2. The van der Waals surface area contributed by atoms with E-state index < -0.39 is 17.7 Å². The lowest BCUT2D eigenvalue weighted by atomic mass is 9.85. The molecule has 1 fully saturated rings. The van der Waals surface area contributed by atoms with Gasteiger partial charge in [-0.25, -0.2) is 0 Å². The SMILES string of the molecule is CCCOc1ccc(/C(O)=C2/C(=O)C(=O)N(Cc3cccnc3)C2c2ccc(C(C)(C)C)cc2)c(C)c1. The third-order valence-electron chi connectivity index (χ3n) is 6.63. The molecule has 0 bridgehead atoms. The summed E-state index contributed by atoms with van der Waals surface area (Å²) in [6.45, 7) is 11.1. The number of aryl methyl sites for hydroxylation is 1. The zero-order valence-corrected chi connectivity index (χ0v) is 22.1. The molecule has 1 aromatic heterocycles. The van der Waals surface area contributed by atoms with Crippen LogP contribution in [-0.4, -0.2) is 33.3 Å². The number of hydrogen-bond acceptors (Lipinski definition) is 5. The first-order chi connectivity index (χ1) is 17.6. The molecule has 4 rings (SSSR count). The van der Waals surface area contributed by atoms with Crippen LogP contribution in [0.2, 0.25) is 0 Å². The molecule has 1 saturated heterocycles. The maximum absolute atomic E-state index is 13.4. The highest BCUT2D eigenvalue weighted by atomic mass is 16.5. The molecule has 192 valence electrons. The number of ketones is 1. The number of aromatic nitrogens is 1. The largest absolute Gasteiger partial charge is 0.507 e. The number of carbonyl (C=O) groups is 2. The van der Waals surface area contributed by atoms with Gasteiger partial charge in [-0.2, -0.15) is 0 Å². The van der Waals surface area contributed by atoms with E-state index in [1.807, 2.05) is 50.2 Å². The Hall–Kier alpha value is -3.93. The third kappa shape index (κ3) is 5.43. The number of pyridine rings is 1. The Bertz CT molecular complexity index is 1320. The van der Waals surface area contributed by atoms with Gasteiger partial charge in [0.05, 0.1) is 18.2 Å². The van der Waals surface area contributed by atoms with E-state index in [0.29, 0.717) is 17.9 Å². The molecule has 1 amide bonds. The van der Waals surface area contributed by atoms with Crippen LogP contribution in [-0.2, 0) is 21.5 Å². The van der Waals surface area contributed by atoms with Gasteiger partial charge >= 0.3 is 0 Å². The summed E-state index contributed by atoms with van der Waals surface area (Å²) >= 11 is 0. The number of hydrogen-bond donors (Lipinski definition) is 1. The minimum atomic E-state index is -0.732. The van der Waals surface area contributed by atoms with Crippen LogP contribution < -0.4 is 4.74 Å². The standard InChI is InChI=1S/C31H34N2O4/c1-6-16-37-24-13-14-25(20(2)17-24)28(34)26-27(22-9-11-23(12-10-22)31(3,4)5)33(30(36)29(26)35)19-21-8-7-15-32-18-21/h7-15,17-18,27,34H,6,16,19H2,1-5H3/b28-26-. The van der Waals surface area contributed by atoms with Crippen LogP contribution in [0, 0.1) is 6.92 Å². The highest BCUT2D eigenvalue weighted by Gasteiger charge is 2.46. The summed E-state index contributed by atoms with van der Waals surface area (Å²) in [6, 6.07) is 16.2. The molecule has 0 saturated carbocycles. The molecule has 0 aliphatic carbocycles. The van der Waals surface area contributed by atoms with Gasteiger partial charge in [0.1, 0.15) is 11.5 Å². The summed E-state index contributed by atoms with van der Waals surface area (Å²) in [5, 5.41) is 11.5. The van der Waals surface area contributed by atoms with Gasteiger partial charge in [0.25, 0.3) is 11.7 Å². The molecule has 1 N–H and O–H groups in total. The number of amides is 1. The second-order valence-electron chi connectivity index (χ2n) is 10.5. The van der Waals surface area contributed by atoms with Gasteiger partial charge in [0, 0.05) is 24.5 Å². The lowest BCUT2D eigenvalue weighted by molar-refractivity contribution is -0.140. The Kier molecular flexibility index (Phi) is 7.48. The van der Waals surface area contributed by atoms with Gasteiger partial charge in [-0.05, 0) is 65.3 Å². The molecule has 1 atom stereocenters. The summed E-state index contributed by atoms with van der Waals surface area (Å²) in [5.41, 5.74) is 3.99. The van der Waals surface area contributed by atoms with E-state index in [2.05, 4.69) is 25.8 Å². The van der Waals surface area contributed by atoms with Crippen molar-refractivity contribution >= 4 is 17.4 Å². The molecular weight excluding hydrogens is 464 g/mol. The second kappa shape index (κ2) is 10.6. The van der Waals surface area contributed by atoms with Crippen molar-refractivity contribution in [1.29, 1.82) is 0 Å². The summed E-state index contributed by atoms with van der Waals surface area (Å²) in [4.78, 5) is 32.4. The number of ether oxygens (including phenoxy) is 1. The van der Waals surface area contributed by atoms with E-state index >= 15 is 0 Å². The molecule has 6 heteroatoms. The van der Waals surface area contributed by atoms with Crippen LogP contribution in [0.15, 0.2) is 72.6 Å². The van der Waals surface area contributed by atoms with Gasteiger partial charge in [-0.3, -0.25) is 14.6 Å². The molecule has 37 heavy (non-hydrogen) atoms. The van der Waals surface area contributed by atoms with Gasteiger partial charge in [-0.15, -0.1) is 0 Å². The van der Waals surface area contributed by atoms with Crippen molar-refractivity contribution in [1.82, 2.24) is 9.88 Å². The van der Waals surface area contributed by atoms with Gasteiger partial charge in [0.2, 0.25) is 0 Å². The van der Waals surface area contributed by atoms with Crippen LogP contribution in [0.4, 0.5) is 0 Å². The zero-order chi connectivity index (χ0) is 26.7. The summed E-state index contributed by atoms with van der Waals surface area (Å²) in [5.74, 6) is -0.827. The zero-order valence-electron chi connectivity index (χ0n) is 22.1. The highest BCUT2D eigenvalue weighted by molar-refractivity contribution is 6.46. The predicted molar refractivity (Wildman–Crippen MR) is 144 cm³/mol. The Balaban J connectivity index is 1.83. The Morgan fingerprint density at radius 3 is 2.41 bits per heavy atom. The number of rotatable bonds is 7. The van der Waals surface area contributed by atoms with Crippen molar-refractivity contribution in [3.05, 3.63) is 100 Å². The van der Waals surface area contributed by atoms with Crippen molar-refractivity contribution in [3.8, 4) is 5.75 Å². The van der Waals surface area contributed by atoms with Crippen LogP contribution in [0.5, 0.6) is 5.75 Å². The normalized spacial score (nSPS) is 17.3. The topological polar surface area (TPSA) is 79.7 Å². The fourth-order valence-electron chi connectivity index (χ4n) is 4.60. The first-order valence-electron chi connectivity index (χ1n) is 12.6. The number of benzene rings is 2. The quantitative estimate of drug-likeness (QED) is 0.242. The summed E-state index contributed by atoms with van der Waals surface area (Å²) in [6.07, 6.45) is 4.23. The minimum Gasteiger partial charge on any atom is -0.507 e. The lowest BCUT2D eigenvalue weighted by Gasteiger charge is -2.26. The maximum Gasteiger partial charge on any atom is 0.295 e. The van der Waals surface area contributed by atoms with Crippen LogP contribution >= 0.6 is 0 Å². The fraction of sp³-hybridized carbons (Fsp3) is 0.323. The Labute approximate surface area is 218 Å². The molecular formula is C31H34N2O4. The first-order valence-corrected chi connectivity index (χ1v) is 12.6. The molecule has 6 nitrogen and oxygen atoms in total. The van der Waals surface area contributed by atoms with E-state index in [0.717, 1.165) is 28.7 Å². The molecule has 3 aromatic rings. The molecule has 0 spiro atoms. The van der Waals surface area contributed by atoms with Gasteiger partial charge in [0.15, 0.2) is 0 Å². The molecule has 1 aliphatic rings. The van der Waals surface area contributed by atoms with Gasteiger partial charge in [-0.1, -0.05) is 58.0 Å². The van der Waals surface area contributed by atoms with E-state index in [9.17, 15) is 14.7 Å². The smallest absolute Gasteiger partial charge is 0.295 e. The average molecular weight is 499 g/mol. The molecule has 1 aliphatic heterocycles. The van der Waals surface area contributed by atoms with Crippen LogP contribution in [0.25, 0.3) is 5.76 Å². The first kappa shape index (κ1) is 26.1. The number of likely N-dealkylation sites (tertiary alicyclic amines) is 1. The van der Waals surface area contributed by atoms with Crippen molar-refractivity contribution in [2.45, 2.75) is 59.0 Å².